The zero-order valence-electron chi connectivity index (χ0n) is 11.3. The molecule has 2 aromatic carbocycles. The maximum Gasteiger partial charge on any atom is 0.257 e. The standard InChI is InChI=1S/C16H15ClN2O2/c17-14-8-4-3-7-13(14)16(21)12-6-2-1-5-11(12)15(20)19(16)10-9-18/h1-8,21H,9-10,18H2. The van der Waals surface area contributed by atoms with Gasteiger partial charge in [0.05, 0.1) is 0 Å². The predicted molar refractivity (Wildman–Crippen MR) is 81.0 cm³/mol. The molecule has 0 spiro atoms. The molecule has 0 aliphatic carbocycles. The predicted octanol–water partition coefficient (Wildman–Crippen LogP) is 1.95. The average molecular weight is 303 g/mol. The lowest BCUT2D eigenvalue weighted by atomic mass is 9.94. The lowest BCUT2D eigenvalue weighted by molar-refractivity contribution is -0.0483. The van der Waals surface area contributed by atoms with E-state index in [1.165, 1.54) is 4.90 Å². The Morgan fingerprint density at radius 3 is 2.38 bits per heavy atom. The fraction of sp³-hybridized carbons (Fsp3) is 0.188. The van der Waals surface area contributed by atoms with Crippen molar-refractivity contribution >= 4 is 17.5 Å². The summed E-state index contributed by atoms with van der Waals surface area (Å²) < 4.78 is 0. The molecule has 3 rings (SSSR count). The average Bonchev–Trinajstić information content (AvgIpc) is 2.72. The third-order valence-electron chi connectivity index (χ3n) is 3.77. The van der Waals surface area contributed by atoms with E-state index in [1.54, 1.807) is 48.5 Å². The molecule has 4 nitrogen and oxygen atoms in total. The lowest BCUT2D eigenvalue weighted by Crippen LogP contribution is -2.47. The van der Waals surface area contributed by atoms with Crippen molar-refractivity contribution in [1.29, 1.82) is 0 Å². The Kier molecular flexibility index (Phi) is 3.45. The third kappa shape index (κ3) is 1.95. The Hall–Kier alpha value is -1.88. The molecule has 1 unspecified atom stereocenters. The normalized spacial score (nSPS) is 20.7. The number of benzene rings is 2. The van der Waals surface area contributed by atoms with Crippen LogP contribution in [0.15, 0.2) is 48.5 Å². The van der Waals surface area contributed by atoms with Crippen molar-refractivity contribution in [2.45, 2.75) is 5.72 Å². The van der Waals surface area contributed by atoms with E-state index >= 15 is 0 Å². The number of nitrogens with two attached hydrogens (primary N) is 1. The first-order valence-electron chi connectivity index (χ1n) is 6.69. The Morgan fingerprint density at radius 1 is 1.10 bits per heavy atom. The van der Waals surface area contributed by atoms with Gasteiger partial charge in [0.25, 0.3) is 5.91 Å². The molecule has 3 N–H and O–H groups in total. The van der Waals surface area contributed by atoms with Crippen LogP contribution in [-0.2, 0) is 5.72 Å². The number of hydrogen-bond acceptors (Lipinski definition) is 3. The fourth-order valence-corrected chi connectivity index (χ4v) is 3.11. The fourth-order valence-electron chi connectivity index (χ4n) is 2.84. The van der Waals surface area contributed by atoms with E-state index in [0.717, 1.165) is 0 Å². The highest BCUT2D eigenvalue weighted by atomic mass is 35.5. The molecule has 1 heterocycles. The monoisotopic (exact) mass is 302 g/mol. The number of rotatable bonds is 3. The van der Waals surface area contributed by atoms with Gasteiger partial charge in [-0.3, -0.25) is 4.79 Å². The molecule has 0 radical (unpaired) electrons. The van der Waals surface area contributed by atoms with E-state index in [0.29, 0.717) is 21.7 Å². The zero-order chi connectivity index (χ0) is 15.0. The lowest BCUT2D eigenvalue weighted by Gasteiger charge is -2.35. The van der Waals surface area contributed by atoms with Gasteiger partial charge in [-0.25, -0.2) is 0 Å². The van der Waals surface area contributed by atoms with Crippen molar-refractivity contribution in [3.63, 3.8) is 0 Å². The van der Waals surface area contributed by atoms with Crippen molar-refractivity contribution in [3.05, 3.63) is 70.2 Å². The van der Waals surface area contributed by atoms with E-state index in [2.05, 4.69) is 0 Å². The molecule has 0 saturated carbocycles. The van der Waals surface area contributed by atoms with E-state index in [4.69, 9.17) is 17.3 Å². The van der Waals surface area contributed by atoms with Crippen LogP contribution in [0.1, 0.15) is 21.5 Å². The molecule has 0 bridgehead atoms. The molecular weight excluding hydrogens is 288 g/mol. The molecular formula is C16H15ClN2O2. The maximum absolute atomic E-state index is 12.6. The Morgan fingerprint density at radius 2 is 1.71 bits per heavy atom. The van der Waals surface area contributed by atoms with Crippen LogP contribution in [0.2, 0.25) is 5.02 Å². The number of halogens is 1. The number of hydrogen-bond donors (Lipinski definition) is 2. The first kappa shape index (κ1) is 14.1. The minimum Gasteiger partial charge on any atom is -0.363 e. The Balaban J connectivity index is 2.27. The highest BCUT2D eigenvalue weighted by Crippen LogP contribution is 2.43. The largest absolute Gasteiger partial charge is 0.363 e. The summed E-state index contributed by atoms with van der Waals surface area (Å²) in [6.45, 7) is 0.502. The smallest absolute Gasteiger partial charge is 0.257 e. The van der Waals surface area contributed by atoms with Crippen LogP contribution in [0.3, 0.4) is 0 Å². The molecule has 2 aromatic rings. The SMILES string of the molecule is NCCN1C(=O)c2ccccc2C1(O)c1ccccc1Cl. The molecule has 1 aliphatic rings. The minimum absolute atomic E-state index is 0.238. The van der Waals surface area contributed by atoms with Crippen molar-refractivity contribution in [2.24, 2.45) is 5.73 Å². The Bertz CT molecular complexity index is 704. The van der Waals surface area contributed by atoms with Gasteiger partial charge in [-0.05, 0) is 12.1 Å². The third-order valence-corrected chi connectivity index (χ3v) is 4.10. The first-order valence-corrected chi connectivity index (χ1v) is 7.07. The van der Waals surface area contributed by atoms with Gasteiger partial charge < -0.3 is 15.7 Å². The summed E-state index contributed by atoms with van der Waals surface area (Å²) in [5, 5.41) is 11.7. The zero-order valence-corrected chi connectivity index (χ0v) is 12.0. The summed E-state index contributed by atoms with van der Waals surface area (Å²) in [5.74, 6) is -0.238. The molecule has 0 aromatic heterocycles. The molecule has 1 amide bonds. The van der Waals surface area contributed by atoms with Gasteiger partial charge in [0.15, 0.2) is 5.72 Å². The van der Waals surface area contributed by atoms with Crippen molar-refractivity contribution in [1.82, 2.24) is 4.90 Å². The van der Waals surface area contributed by atoms with Crippen molar-refractivity contribution in [3.8, 4) is 0 Å². The Labute approximate surface area is 127 Å². The highest BCUT2D eigenvalue weighted by molar-refractivity contribution is 6.31. The van der Waals surface area contributed by atoms with Gasteiger partial charge in [0.2, 0.25) is 0 Å². The van der Waals surface area contributed by atoms with Crippen molar-refractivity contribution < 1.29 is 9.90 Å². The molecule has 0 fully saturated rings. The van der Waals surface area contributed by atoms with Gasteiger partial charge in [-0.1, -0.05) is 48.0 Å². The number of nitrogens with zero attached hydrogens (tertiary/aromatic N) is 1. The second-order valence-electron chi connectivity index (χ2n) is 4.94. The topological polar surface area (TPSA) is 66.6 Å². The number of amides is 1. The van der Waals surface area contributed by atoms with Gasteiger partial charge in [-0.2, -0.15) is 0 Å². The molecule has 1 atom stereocenters. The molecule has 108 valence electrons. The van der Waals surface area contributed by atoms with Crippen LogP contribution in [0.4, 0.5) is 0 Å². The summed E-state index contributed by atoms with van der Waals surface area (Å²) in [5.41, 5.74) is 5.53. The first-order chi connectivity index (χ1) is 10.1. The van der Waals surface area contributed by atoms with Crippen LogP contribution in [-0.4, -0.2) is 29.0 Å². The van der Waals surface area contributed by atoms with E-state index in [9.17, 15) is 9.90 Å². The summed E-state index contributed by atoms with van der Waals surface area (Å²) in [6, 6.07) is 14.0. The second kappa shape index (κ2) is 5.15. The maximum atomic E-state index is 12.6. The number of fused-ring (bicyclic) bond motifs is 1. The highest BCUT2D eigenvalue weighted by Gasteiger charge is 2.50. The quantitative estimate of drug-likeness (QED) is 0.910. The van der Waals surface area contributed by atoms with Crippen LogP contribution in [0.25, 0.3) is 0 Å². The number of carbonyl (C=O) groups is 1. The van der Waals surface area contributed by atoms with Crippen molar-refractivity contribution in [2.75, 3.05) is 13.1 Å². The summed E-state index contributed by atoms with van der Waals surface area (Å²) in [6.07, 6.45) is 0. The molecule has 1 aliphatic heterocycles. The number of carbonyl (C=O) groups excluding carboxylic acids is 1. The van der Waals surface area contributed by atoms with Crippen LogP contribution in [0.5, 0.6) is 0 Å². The molecule has 0 saturated heterocycles. The molecule has 21 heavy (non-hydrogen) atoms. The van der Waals surface area contributed by atoms with E-state index < -0.39 is 5.72 Å². The van der Waals surface area contributed by atoms with Gasteiger partial charge in [-0.15, -0.1) is 0 Å². The van der Waals surface area contributed by atoms with Crippen LogP contribution in [0, 0.1) is 0 Å². The summed E-state index contributed by atoms with van der Waals surface area (Å²) in [4.78, 5) is 13.9. The van der Waals surface area contributed by atoms with Gasteiger partial charge in [0, 0.05) is 34.8 Å². The van der Waals surface area contributed by atoms with Gasteiger partial charge in [0.1, 0.15) is 0 Å². The summed E-state index contributed by atoms with van der Waals surface area (Å²) >= 11 is 6.24. The van der Waals surface area contributed by atoms with E-state index in [1.807, 2.05) is 0 Å². The minimum atomic E-state index is -1.58. The number of aliphatic hydroxyl groups is 1. The van der Waals surface area contributed by atoms with E-state index in [-0.39, 0.29) is 19.0 Å². The van der Waals surface area contributed by atoms with Gasteiger partial charge >= 0.3 is 0 Å². The second-order valence-corrected chi connectivity index (χ2v) is 5.35. The summed E-state index contributed by atoms with van der Waals surface area (Å²) in [7, 11) is 0. The molecule has 5 heteroatoms. The van der Waals surface area contributed by atoms with Crippen LogP contribution < -0.4 is 5.73 Å². The van der Waals surface area contributed by atoms with Crippen LogP contribution >= 0.6 is 11.6 Å².